The molecule has 0 aromatic rings. The van der Waals surface area contributed by atoms with Crippen LogP contribution in [0.1, 0.15) is 41.0 Å². The summed E-state index contributed by atoms with van der Waals surface area (Å²) in [4.78, 5) is 0. The summed E-state index contributed by atoms with van der Waals surface area (Å²) in [6.45, 7) is 8.74. The molecule has 0 N–H and O–H groups in total. The maximum atomic E-state index is 5.94. The van der Waals surface area contributed by atoms with Gasteiger partial charge in [-0.05, 0) is 34.1 Å². The molecule has 0 unspecified atom stereocenters. The van der Waals surface area contributed by atoms with E-state index in [2.05, 4.69) is 0 Å². The molecule has 0 radical (unpaired) electrons. The second-order valence-corrected chi connectivity index (χ2v) is 13.0. The fourth-order valence-corrected chi connectivity index (χ4v) is 5.19. The average molecular weight is 459 g/mol. The number of hydrogen-bond donors (Lipinski definition) is 0. The second kappa shape index (κ2) is 8.70. The molecule has 0 rings (SSSR count). The van der Waals surface area contributed by atoms with Crippen molar-refractivity contribution in [2.75, 3.05) is 5.75 Å². The first-order valence-corrected chi connectivity index (χ1v) is 11.1. The molecule has 0 atom stereocenters. The minimum atomic E-state index is -1.60. The van der Waals surface area contributed by atoms with Gasteiger partial charge in [0.15, 0.2) is 0 Å². The Balaban J connectivity index is 5.07. The van der Waals surface area contributed by atoms with Crippen LogP contribution < -0.4 is 0 Å². The number of hydrogen-bond acceptors (Lipinski definition) is 3. The van der Waals surface area contributed by atoms with Gasteiger partial charge in [0.2, 0.25) is 15.2 Å². The summed E-state index contributed by atoms with van der Waals surface area (Å²) in [5.74, 6) is 0.817. The zero-order valence-corrected chi connectivity index (χ0v) is 18.6. The Labute approximate surface area is 162 Å². The van der Waals surface area contributed by atoms with E-state index in [1.807, 2.05) is 6.92 Å². The third kappa shape index (κ3) is 7.90. The average Bonchev–Trinajstić information content (AvgIpc) is 2.21. The summed E-state index contributed by atoms with van der Waals surface area (Å²) in [7, 11) is -1.46. The Hall–Kier alpha value is 2.44. The topological polar surface area (TPSA) is 18.5 Å². The molecule has 2 nitrogen and oxygen atoms in total. The van der Waals surface area contributed by atoms with E-state index in [9.17, 15) is 0 Å². The van der Waals surface area contributed by atoms with E-state index in [-0.39, 0.29) is 0 Å². The Kier molecular flexibility index (Phi) is 9.71. The maximum Gasteiger partial charge on any atom is 0.239 e. The molecule has 21 heavy (non-hydrogen) atoms. The highest BCUT2D eigenvalue weighted by Gasteiger charge is 2.48. The molecule has 0 aromatic heterocycles. The lowest BCUT2D eigenvalue weighted by atomic mass is 10.2. The summed E-state index contributed by atoms with van der Waals surface area (Å²) in [6.07, 6.45) is 0.943. The van der Waals surface area contributed by atoms with Crippen LogP contribution in [-0.2, 0) is 9.05 Å². The standard InChI is InChI=1S/C11H19Cl6O2PS/c1-6-7-21-20(18-8(2,3)10(12,13)14)19-9(4,5)11(15,16)17/h6-7H2,1-5H3. The SMILES string of the molecule is CCCSP(OC(C)(C)C(Cl)(Cl)Cl)OC(C)(C)C(Cl)(Cl)Cl. The smallest absolute Gasteiger partial charge is 0.239 e. The molecule has 0 spiro atoms. The van der Waals surface area contributed by atoms with Gasteiger partial charge in [-0.2, -0.15) is 0 Å². The molecular formula is C11H19Cl6O2PS. The zero-order valence-electron chi connectivity index (χ0n) is 12.4. The highest BCUT2D eigenvalue weighted by molar-refractivity contribution is 8.52. The van der Waals surface area contributed by atoms with Crippen LogP contribution in [-0.4, -0.2) is 24.5 Å². The van der Waals surface area contributed by atoms with E-state index < -0.39 is 26.4 Å². The van der Waals surface area contributed by atoms with E-state index in [0.717, 1.165) is 12.2 Å². The predicted octanol–water partition coefficient (Wildman–Crippen LogP) is 7.69. The Morgan fingerprint density at radius 3 is 1.38 bits per heavy atom. The molecule has 0 fully saturated rings. The van der Waals surface area contributed by atoms with Crippen LogP contribution in [0.25, 0.3) is 0 Å². The molecule has 0 aliphatic carbocycles. The van der Waals surface area contributed by atoms with Crippen molar-refractivity contribution in [1.82, 2.24) is 0 Å². The lowest BCUT2D eigenvalue weighted by Crippen LogP contribution is -2.41. The van der Waals surface area contributed by atoms with Crippen molar-refractivity contribution in [1.29, 1.82) is 0 Å². The molecule has 0 saturated heterocycles. The van der Waals surface area contributed by atoms with Crippen LogP contribution in [0, 0.1) is 0 Å². The lowest BCUT2D eigenvalue weighted by Gasteiger charge is -2.39. The third-order valence-corrected chi connectivity index (χ3v) is 8.74. The summed E-state index contributed by atoms with van der Waals surface area (Å²) in [5, 5.41) is 0. The fourth-order valence-electron chi connectivity index (χ4n) is 0.713. The number of rotatable bonds is 7. The van der Waals surface area contributed by atoms with Gasteiger partial charge in [0, 0.05) is 5.75 Å². The third-order valence-electron chi connectivity index (χ3n) is 2.37. The summed E-state index contributed by atoms with van der Waals surface area (Å²) < 4.78 is 8.53. The Morgan fingerprint density at radius 2 is 1.14 bits per heavy atom. The van der Waals surface area contributed by atoms with Gasteiger partial charge in [0.05, 0.1) is 0 Å². The van der Waals surface area contributed by atoms with E-state index in [4.69, 9.17) is 78.7 Å². The molecule has 0 amide bonds. The van der Waals surface area contributed by atoms with Gasteiger partial charge >= 0.3 is 0 Å². The zero-order chi connectivity index (χ0) is 17.1. The van der Waals surface area contributed by atoms with Crippen LogP contribution in [0.15, 0.2) is 0 Å². The van der Waals surface area contributed by atoms with E-state index in [1.165, 1.54) is 11.4 Å². The van der Waals surface area contributed by atoms with Crippen LogP contribution in [0.2, 0.25) is 0 Å². The molecule has 0 aromatic carbocycles. The molecule has 128 valence electrons. The number of halogens is 6. The van der Waals surface area contributed by atoms with Crippen molar-refractivity contribution < 1.29 is 9.05 Å². The van der Waals surface area contributed by atoms with Crippen molar-refractivity contribution in [2.24, 2.45) is 0 Å². The van der Waals surface area contributed by atoms with E-state index in [0.29, 0.717) is 0 Å². The van der Waals surface area contributed by atoms with Crippen LogP contribution in [0.5, 0.6) is 0 Å². The molecule has 10 heteroatoms. The Morgan fingerprint density at radius 1 is 0.810 bits per heavy atom. The quantitative estimate of drug-likeness (QED) is 0.288. The van der Waals surface area contributed by atoms with Crippen molar-refractivity contribution in [3.05, 3.63) is 0 Å². The van der Waals surface area contributed by atoms with Gasteiger partial charge < -0.3 is 9.05 Å². The van der Waals surface area contributed by atoms with Crippen LogP contribution in [0.3, 0.4) is 0 Å². The molecule has 0 bridgehead atoms. The van der Waals surface area contributed by atoms with E-state index in [1.54, 1.807) is 27.7 Å². The van der Waals surface area contributed by atoms with Crippen LogP contribution in [0.4, 0.5) is 0 Å². The highest BCUT2D eigenvalue weighted by atomic mass is 35.6. The van der Waals surface area contributed by atoms with Gasteiger partial charge in [-0.15, -0.1) is 0 Å². The fraction of sp³-hybridized carbons (Fsp3) is 1.00. The normalized spacial score (nSPS) is 14.9. The summed E-state index contributed by atoms with van der Waals surface area (Å²) in [5.41, 5.74) is -2.10. The maximum absolute atomic E-state index is 5.94. The first-order chi connectivity index (χ1) is 9.14. The van der Waals surface area contributed by atoms with Crippen molar-refractivity contribution >= 4 is 88.6 Å². The molecule has 0 aliphatic rings. The largest absolute Gasteiger partial charge is 0.315 e. The minimum Gasteiger partial charge on any atom is -0.315 e. The summed E-state index contributed by atoms with van der Waals surface area (Å²) >= 11 is 37.1. The van der Waals surface area contributed by atoms with Gasteiger partial charge in [-0.25, -0.2) is 0 Å². The predicted molar refractivity (Wildman–Crippen MR) is 101 cm³/mol. The second-order valence-electron chi connectivity index (χ2n) is 5.26. The molecular weight excluding hydrogens is 440 g/mol. The molecule has 0 aliphatic heterocycles. The van der Waals surface area contributed by atoms with Gasteiger partial charge in [0.1, 0.15) is 11.2 Å². The highest BCUT2D eigenvalue weighted by Crippen LogP contribution is 2.62. The van der Waals surface area contributed by atoms with Gasteiger partial charge in [-0.3, -0.25) is 0 Å². The first-order valence-electron chi connectivity index (χ1n) is 6.09. The van der Waals surface area contributed by atoms with E-state index >= 15 is 0 Å². The molecule has 0 saturated carbocycles. The lowest BCUT2D eigenvalue weighted by molar-refractivity contribution is 0.0654. The number of alkyl halides is 6. The van der Waals surface area contributed by atoms with Gasteiger partial charge in [0.25, 0.3) is 0 Å². The van der Waals surface area contributed by atoms with Gasteiger partial charge in [-0.1, -0.05) is 87.9 Å². The molecule has 0 heterocycles. The summed E-state index contributed by atoms with van der Waals surface area (Å²) in [6, 6.07) is 0. The van der Waals surface area contributed by atoms with Crippen molar-refractivity contribution in [3.8, 4) is 0 Å². The van der Waals surface area contributed by atoms with Crippen molar-refractivity contribution in [2.45, 2.75) is 59.8 Å². The Bertz CT molecular complexity index is 302. The first kappa shape index (κ1) is 23.4. The minimum absolute atomic E-state index is 0.817. The monoisotopic (exact) mass is 456 g/mol. The van der Waals surface area contributed by atoms with Crippen molar-refractivity contribution in [3.63, 3.8) is 0 Å². The van der Waals surface area contributed by atoms with Crippen LogP contribution >= 0.6 is 88.6 Å².